The van der Waals surface area contributed by atoms with Crippen LogP contribution < -0.4 is 5.32 Å². The van der Waals surface area contributed by atoms with E-state index in [1.165, 1.54) is 12.1 Å². The van der Waals surface area contributed by atoms with E-state index in [-0.39, 0.29) is 4.90 Å². The van der Waals surface area contributed by atoms with Crippen LogP contribution in [0.1, 0.15) is 12.5 Å². The van der Waals surface area contributed by atoms with Gasteiger partial charge < -0.3 is 5.32 Å². The molecule has 0 aliphatic carbocycles. The lowest BCUT2D eigenvalue weighted by atomic mass is 10.2. The Balaban J connectivity index is 2.79. The van der Waals surface area contributed by atoms with Crippen LogP contribution in [0.25, 0.3) is 0 Å². The first kappa shape index (κ1) is 11.2. The largest absolute Gasteiger partial charge is 0.313 e. The van der Waals surface area contributed by atoms with E-state index < -0.39 is 10.1 Å². The van der Waals surface area contributed by atoms with Crippen LogP contribution in [0, 0.1) is 0 Å². The van der Waals surface area contributed by atoms with Crippen molar-refractivity contribution in [1.29, 1.82) is 0 Å². The average molecular weight is 215 g/mol. The number of rotatable bonds is 4. The highest BCUT2D eigenvalue weighted by Gasteiger charge is 2.07. The highest BCUT2D eigenvalue weighted by molar-refractivity contribution is 7.85. The molecule has 1 aromatic rings. The summed E-state index contributed by atoms with van der Waals surface area (Å²) in [6.45, 7) is 3.55. The summed E-state index contributed by atoms with van der Waals surface area (Å²) in [7, 11) is -4.06. The zero-order chi connectivity index (χ0) is 10.6. The molecular formula is C9H13NO3S. The van der Waals surface area contributed by atoms with Crippen molar-refractivity contribution in [2.45, 2.75) is 18.4 Å². The molecule has 0 fully saturated rings. The van der Waals surface area contributed by atoms with E-state index in [9.17, 15) is 8.42 Å². The van der Waals surface area contributed by atoms with Crippen LogP contribution in [0.3, 0.4) is 0 Å². The normalized spacial score (nSPS) is 11.6. The van der Waals surface area contributed by atoms with Gasteiger partial charge >= 0.3 is 0 Å². The zero-order valence-electron chi connectivity index (χ0n) is 7.90. The van der Waals surface area contributed by atoms with E-state index in [1.807, 2.05) is 6.92 Å². The minimum atomic E-state index is -4.06. The fourth-order valence-electron chi connectivity index (χ4n) is 1.05. The van der Waals surface area contributed by atoms with Gasteiger partial charge in [0.2, 0.25) is 0 Å². The van der Waals surface area contributed by atoms with Crippen molar-refractivity contribution < 1.29 is 13.0 Å². The van der Waals surface area contributed by atoms with Crippen LogP contribution in [0.15, 0.2) is 29.2 Å². The Labute approximate surface area is 83.7 Å². The first-order valence-corrected chi connectivity index (χ1v) is 5.75. The summed E-state index contributed by atoms with van der Waals surface area (Å²) in [5.41, 5.74) is 0.985. The van der Waals surface area contributed by atoms with Gasteiger partial charge in [-0.3, -0.25) is 4.55 Å². The fourth-order valence-corrected chi connectivity index (χ4v) is 1.53. The van der Waals surface area contributed by atoms with E-state index in [2.05, 4.69) is 5.32 Å². The molecule has 0 amide bonds. The summed E-state index contributed by atoms with van der Waals surface area (Å²) in [6, 6.07) is 6.13. The van der Waals surface area contributed by atoms with Crippen LogP contribution >= 0.6 is 0 Å². The minimum Gasteiger partial charge on any atom is -0.313 e. The van der Waals surface area contributed by atoms with Gasteiger partial charge in [0.25, 0.3) is 10.1 Å². The van der Waals surface area contributed by atoms with Gasteiger partial charge in [0.1, 0.15) is 0 Å². The molecule has 0 atom stereocenters. The van der Waals surface area contributed by atoms with E-state index in [1.54, 1.807) is 12.1 Å². The first-order chi connectivity index (χ1) is 6.54. The Hall–Kier alpha value is -0.910. The van der Waals surface area contributed by atoms with Crippen LogP contribution in [-0.4, -0.2) is 19.5 Å². The average Bonchev–Trinajstić information content (AvgIpc) is 2.14. The molecule has 4 nitrogen and oxygen atoms in total. The third kappa shape index (κ3) is 3.10. The number of hydrogen-bond donors (Lipinski definition) is 2. The SMILES string of the molecule is CCNCc1ccc(S(=O)(=O)O)cc1. The number of hydrogen-bond acceptors (Lipinski definition) is 3. The van der Waals surface area contributed by atoms with Crippen molar-refractivity contribution in [3.63, 3.8) is 0 Å². The molecule has 0 unspecified atom stereocenters. The van der Waals surface area contributed by atoms with Gasteiger partial charge in [-0.05, 0) is 24.2 Å². The van der Waals surface area contributed by atoms with E-state index in [0.717, 1.165) is 12.1 Å². The second kappa shape index (κ2) is 4.54. The lowest BCUT2D eigenvalue weighted by Crippen LogP contribution is -2.11. The third-order valence-electron chi connectivity index (χ3n) is 1.80. The molecule has 0 saturated carbocycles. The summed E-state index contributed by atoms with van der Waals surface area (Å²) in [6.07, 6.45) is 0. The molecular weight excluding hydrogens is 202 g/mol. The molecule has 2 N–H and O–H groups in total. The Morgan fingerprint density at radius 1 is 1.29 bits per heavy atom. The van der Waals surface area contributed by atoms with E-state index >= 15 is 0 Å². The van der Waals surface area contributed by atoms with Crippen molar-refractivity contribution in [3.8, 4) is 0 Å². The summed E-state index contributed by atoms with van der Waals surface area (Å²) >= 11 is 0. The number of benzene rings is 1. The van der Waals surface area contributed by atoms with Gasteiger partial charge in [0, 0.05) is 6.54 Å². The second-order valence-corrected chi connectivity index (χ2v) is 4.32. The van der Waals surface area contributed by atoms with Gasteiger partial charge in [-0.1, -0.05) is 19.1 Å². The Morgan fingerprint density at radius 3 is 2.29 bits per heavy atom. The topological polar surface area (TPSA) is 66.4 Å². The summed E-state index contributed by atoms with van der Waals surface area (Å²) in [4.78, 5) is -0.0715. The molecule has 0 aliphatic heterocycles. The monoisotopic (exact) mass is 215 g/mol. The maximum atomic E-state index is 10.7. The van der Waals surface area contributed by atoms with Gasteiger partial charge in [-0.2, -0.15) is 8.42 Å². The molecule has 0 aliphatic rings. The van der Waals surface area contributed by atoms with Crippen LogP contribution in [0.4, 0.5) is 0 Å². The summed E-state index contributed by atoms with van der Waals surface area (Å²) in [5, 5.41) is 3.11. The maximum absolute atomic E-state index is 10.7. The highest BCUT2D eigenvalue weighted by Crippen LogP contribution is 2.09. The molecule has 5 heteroatoms. The molecule has 14 heavy (non-hydrogen) atoms. The van der Waals surface area contributed by atoms with Crippen molar-refractivity contribution in [2.24, 2.45) is 0 Å². The lowest BCUT2D eigenvalue weighted by Gasteiger charge is -2.02. The molecule has 1 rings (SSSR count). The zero-order valence-corrected chi connectivity index (χ0v) is 8.71. The Kier molecular flexibility index (Phi) is 3.62. The summed E-state index contributed by atoms with van der Waals surface area (Å²) < 4.78 is 30.1. The third-order valence-corrected chi connectivity index (χ3v) is 2.67. The Morgan fingerprint density at radius 2 is 1.86 bits per heavy atom. The predicted molar refractivity (Wildman–Crippen MR) is 53.6 cm³/mol. The Bertz CT molecular complexity index is 383. The molecule has 78 valence electrons. The van der Waals surface area contributed by atoms with Gasteiger partial charge in [-0.15, -0.1) is 0 Å². The lowest BCUT2D eigenvalue weighted by molar-refractivity contribution is 0.483. The van der Waals surface area contributed by atoms with Crippen LogP contribution in [-0.2, 0) is 16.7 Å². The second-order valence-electron chi connectivity index (χ2n) is 2.90. The van der Waals surface area contributed by atoms with E-state index in [4.69, 9.17) is 4.55 Å². The first-order valence-electron chi connectivity index (χ1n) is 4.31. The smallest absolute Gasteiger partial charge is 0.294 e. The van der Waals surface area contributed by atoms with Crippen molar-refractivity contribution in [1.82, 2.24) is 5.32 Å². The minimum absolute atomic E-state index is 0.0715. The molecule has 0 bridgehead atoms. The molecule has 0 radical (unpaired) electrons. The molecule has 0 heterocycles. The molecule has 1 aromatic carbocycles. The standard InChI is InChI=1S/C9H13NO3S/c1-2-10-7-8-3-5-9(6-4-8)14(11,12)13/h3-6,10H,2,7H2,1H3,(H,11,12,13). The quantitative estimate of drug-likeness (QED) is 0.736. The van der Waals surface area contributed by atoms with Crippen molar-refractivity contribution >= 4 is 10.1 Å². The maximum Gasteiger partial charge on any atom is 0.294 e. The van der Waals surface area contributed by atoms with Crippen LogP contribution in [0.5, 0.6) is 0 Å². The van der Waals surface area contributed by atoms with Crippen LogP contribution in [0.2, 0.25) is 0 Å². The highest BCUT2D eigenvalue weighted by atomic mass is 32.2. The van der Waals surface area contributed by atoms with Crippen molar-refractivity contribution in [3.05, 3.63) is 29.8 Å². The summed E-state index contributed by atoms with van der Waals surface area (Å²) in [5.74, 6) is 0. The number of nitrogens with one attached hydrogen (secondary N) is 1. The predicted octanol–water partition coefficient (Wildman–Crippen LogP) is 1.04. The molecule has 0 spiro atoms. The van der Waals surface area contributed by atoms with E-state index in [0.29, 0.717) is 6.54 Å². The van der Waals surface area contributed by atoms with Gasteiger partial charge in [0.15, 0.2) is 0 Å². The van der Waals surface area contributed by atoms with Gasteiger partial charge in [0.05, 0.1) is 4.90 Å². The fraction of sp³-hybridized carbons (Fsp3) is 0.333. The van der Waals surface area contributed by atoms with Gasteiger partial charge in [-0.25, -0.2) is 0 Å². The molecule has 0 saturated heterocycles. The molecule has 0 aromatic heterocycles. The van der Waals surface area contributed by atoms with Crippen molar-refractivity contribution in [2.75, 3.05) is 6.54 Å².